The highest BCUT2D eigenvalue weighted by atomic mass is 16.5. The number of hydrogen-bond donors (Lipinski definition) is 0. The molecule has 140 valence electrons. The zero-order chi connectivity index (χ0) is 17.3. The summed E-state index contributed by atoms with van der Waals surface area (Å²) in [6.07, 6.45) is 13.8. The summed E-state index contributed by atoms with van der Waals surface area (Å²) in [5.74, 6) is 7.56. The number of ether oxygens (including phenoxy) is 1. The Kier molecular flexibility index (Phi) is 2.75. The molecule has 0 amide bonds. The quantitative estimate of drug-likeness (QED) is 0.679. The van der Waals surface area contributed by atoms with Crippen molar-refractivity contribution in [1.82, 2.24) is 0 Å². The van der Waals surface area contributed by atoms with E-state index in [-0.39, 0.29) is 5.60 Å². The largest absolute Gasteiger partial charge is 0.374 e. The van der Waals surface area contributed by atoms with Gasteiger partial charge in [0.2, 0.25) is 0 Å². The van der Waals surface area contributed by atoms with E-state index in [1.807, 2.05) is 0 Å². The van der Waals surface area contributed by atoms with Crippen molar-refractivity contribution in [3.8, 4) is 0 Å². The monoisotopic (exact) mass is 352 g/mol. The van der Waals surface area contributed by atoms with Gasteiger partial charge in [-0.2, -0.15) is 0 Å². The lowest BCUT2D eigenvalue weighted by molar-refractivity contribution is -0.161. The van der Waals surface area contributed by atoms with Gasteiger partial charge < -0.3 is 4.74 Å². The standard InChI is InChI=1S/C24H32O2/c1-2-23-8-6-15-14-5-4-13(25)10-16(14)17-11-18(17)21(15)22(23)19-12-20(19)24(23)7-3-9-26-24/h10,14-15,17-22H,2-9,11-12H2,1H3/t14-,15?,17?,18?,19?,20?,21?,22?,23+,24+/m1/s1. The summed E-state index contributed by atoms with van der Waals surface area (Å²) in [7, 11) is 0. The van der Waals surface area contributed by atoms with Crippen LogP contribution in [0.3, 0.4) is 0 Å². The number of ketones is 1. The van der Waals surface area contributed by atoms with Crippen LogP contribution in [0.5, 0.6) is 0 Å². The van der Waals surface area contributed by atoms with Gasteiger partial charge in [-0.1, -0.05) is 12.5 Å². The topological polar surface area (TPSA) is 26.3 Å². The van der Waals surface area contributed by atoms with Gasteiger partial charge in [0.05, 0.1) is 5.60 Å². The molecule has 7 unspecified atom stereocenters. The molecule has 6 aliphatic carbocycles. The van der Waals surface area contributed by atoms with Gasteiger partial charge in [-0.3, -0.25) is 4.79 Å². The first kappa shape index (κ1) is 15.3. The third-order valence-corrected chi connectivity index (χ3v) is 10.6. The fraction of sp³-hybridized carbons (Fsp3) is 0.875. The summed E-state index contributed by atoms with van der Waals surface area (Å²) in [6.45, 7) is 3.51. The van der Waals surface area contributed by atoms with E-state index < -0.39 is 0 Å². The second kappa shape index (κ2) is 4.67. The molecular weight excluding hydrogens is 320 g/mol. The van der Waals surface area contributed by atoms with E-state index in [9.17, 15) is 4.79 Å². The van der Waals surface area contributed by atoms with Crippen molar-refractivity contribution in [3.05, 3.63) is 11.6 Å². The second-order valence-electron chi connectivity index (χ2n) is 10.9. The van der Waals surface area contributed by atoms with E-state index in [2.05, 4.69) is 13.0 Å². The SMILES string of the molecule is CC[C@]12CCC3C(C4CC4C4=CC(=O)CC[C@@H]43)C1C1CC1[C@@]21CCCO1. The molecule has 0 radical (unpaired) electrons. The van der Waals surface area contributed by atoms with Crippen molar-refractivity contribution in [1.29, 1.82) is 0 Å². The Morgan fingerprint density at radius 1 is 1.12 bits per heavy atom. The summed E-state index contributed by atoms with van der Waals surface area (Å²) in [6, 6.07) is 0. The first-order valence-corrected chi connectivity index (χ1v) is 11.6. The molecule has 1 saturated heterocycles. The molecule has 10 atom stereocenters. The zero-order valence-corrected chi connectivity index (χ0v) is 16.1. The van der Waals surface area contributed by atoms with Gasteiger partial charge in [-0.25, -0.2) is 0 Å². The van der Waals surface area contributed by atoms with Crippen LogP contribution in [0.25, 0.3) is 0 Å². The summed E-state index contributed by atoms with van der Waals surface area (Å²) in [5, 5.41) is 0. The van der Waals surface area contributed by atoms with Crippen molar-refractivity contribution in [2.45, 2.75) is 70.3 Å². The Labute approximate surface area is 157 Å². The van der Waals surface area contributed by atoms with Crippen LogP contribution in [0.4, 0.5) is 0 Å². The lowest BCUT2D eigenvalue weighted by Crippen LogP contribution is -2.56. The molecule has 1 heterocycles. The van der Waals surface area contributed by atoms with Crippen LogP contribution >= 0.6 is 0 Å². The van der Waals surface area contributed by atoms with Crippen molar-refractivity contribution in [2.75, 3.05) is 6.61 Å². The predicted molar refractivity (Wildman–Crippen MR) is 99.4 cm³/mol. The Hall–Kier alpha value is -0.630. The van der Waals surface area contributed by atoms with Crippen molar-refractivity contribution in [3.63, 3.8) is 0 Å². The summed E-state index contributed by atoms with van der Waals surface area (Å²) < 4.78 is 6.71. The molecule has 0 N–H and O–H groups in total. The van der Waals surface area contributed by atoms with Gasteiger partial charge in [-0.15, -0.1) is 0 Å². The molecule has 0 aromatic rings. The van der Waals surface area contributed by atoms with Crippen LogP contribution in [0.15, 0.2) is 11.6 Å². The highest BCUT2D eigenvalue weighted by Crippen LogP contribution is 2.81. The fourth-order valence-corrected chi connectivity index (χ4v) is 9.93. The molecule has 6 fully saturated rings. The fourth-order valence-electron chi connectivity index (χ4n) is 9.93. The van der Waals surface area contributed by atoms with Crippen LogP contribution < -0.4 is 0 Å². The number of carbonyl (C=O) groups excluding carboxylic acids is 1. The Morgan fingerprint density at radius 3 is 2.85 bits per heavy atom. The lowest BCUT2D eigenvalue weighted by atomic mass is 9.47. The minimum atomic E-state index is 0.269. The van der Waals surface area contributed by atoms with Gasteiger partial charge in [0.25, 0.3) is 0 Å². The third kappa shape index (κ3) is 1.53. The van der Waals surface area contributed by atoms with E-state index in [1.165, 1.54) is 44.9 Å². The van der Waals surface area contributed by atoms with Gasteiger partial charge in [0.1, 0.15) is 0 Å². The normalized spacial score (nSPS) is 61.3. The first-order valence-electron chi connectivity index (χ1n) is 11.6. The van der Waals surface area contributed by atoms with Gasteiger partial charge in [0, 0.05) is 18.4 Å². The summed E-state index contributed by atoms with van der Waals surface area (Å²) in [5.41, 5.74) is 2.37. The average molecular weight is 353 g/mol. The van der Waals surface area contributed by atoms with Crippen molar-refractivity contribution >= 4 is 5.78 Å². The number of fused-ring (bicyclic) bond motifs is 12. The molecule has 2 heteroatoms. The first-order chi connectivity index (χ1) is 12.7. The van der Waals surface area contributed by atoms with Crippen LogP contribution in [0, 0.1) is 52.8 Å². The maximum absolute atomic E-state index is 12.1. The van der Waals surface area contributed by atoms with E-state index in [0.29, 0.717) is 11.2 Å². The highest BCUT2D eigenvalue weighted by Gasteiger charge is 2.79. The molecule has 1 aliphatic heterocycles. The number of carbonyl (C=O) groups is 1. The minimum absolute atomic E-state index is 0.269. The third-order valence-electron chi connectivity index (χ3n) is 10.6. The smallest absolute Gasteiger partial charge is 0.155 e. The van der Waals surface area contributed by atoms with Crippen LogP contribution in [-0.2, 0) is 9.53 Å². The van der Waals surface area contributed by atoms with E-state index in [4.69, 9.17) is 4.74 Å². The molecule has 1 spiro atoms. The average Bonchev–Trinajstić information content (AvgIpc) is 3.56. The maximum Gasteiger partial charge on any atom is 0.155 e. The molecule has 0 bridgehead atoms. The minimum Gasteiger partial charge on any atom is -0.374 e. The number of rotatable bonds is 1. The number of allylic oxidation sites excluding steroid dienone is 1. The second-order valence-corrected chi connectivity index (χ2v) is 10.9. The molecule has 0 aromatic heterocycles. The van der Waals surface area contributed by atoms with Crippen molar-refractivity contribution < 1.29 is 9.53 Å². The van der Waals surface area contributed by atoms with Gasteiger partial charge in [0.15, 0.2) is 5.78 Å². The Bertz CT molecular complexity index is 716. The zero-order valence-electron chi connectivity index (χ0n) is 16.1. The van der Waals surface area contributed by atoms with Crippen LogP contribution in [0.1, 0.15) is 64.7 Å². The molecule has 7 aliphatic rings. The Morgan fingerprint density at radius 2 is 2.04 bits per heavy atom. The molecule has 2 nitrogen and oxygen atoms in total. The Balaban J connectivity index is 1.33. The molecular formula is C24H32O2. The van der Waals surface area contributed by atoms with E-state index >= 15 is 0 Å². The number of hydrogen-bond acceptors (Lipinski definition) is 2. The predicted octanol–water partition coefficient (Wildman–Crippen LogP) is 4.78. The van der Waals surface area contributed by atoms with Gasteiger partial charge in [-0.05, 0) is 105 Å². The van der Waals surface area contributed by atoms with Gasteiger partial charge >= 0.3 is 0 Å². The highest BCUT2D eigenvalue weighted by molar-refractivity contribution is 5.91. The van der Waals surface area contributed by atoms with E-state index in [0.717, 1.165) is 66.8 Å². The molecule has 0 aromatic carbocycles. The van der Waals surface area contributed by atoms with Crippen LogP contribution in [-0.4, -0.2) is 18.0 Å². The summed E-state index contributed by atoms with van der Waals surface area (Å²) in [4.78, 5) is 12.1. The van der Waals surface area contributed by atoms with E-state index in [1.54, 1.807) is 5.57 Å². The summed E-state index contributed by atoms with van der Waals surface area (Å²) >= 11 is 0. The van der Waals surface area contributed by atoms with Crippen molar-refractivity contribution in [2.24, 2.45) is 52.8 Å². The molecule has 5 saturated carbocycles. The van der Waals surface area contributed by atoms with Crippen LogP contribution in [0.2, 0.25) is 0 Å². The maximum atomic E-state index is 12.1. The lowest BCUT2D eigenvalue weighted by Gasteiger charge is -2.58. The molecule has 7 rings (SSSR count). The molecule has 26 heavy (non-hydrogen) atoms.